The van der Waals surface area contributed by atoms with Crippen molar-refractivity contribution in [2.45, 2.75) is 46.6 Å². The summed E-state index contributed by atoms with van der Waals surface area (Å²) in [5.74, 6) is 0.148. The fourth-order valence-corrected chi connectivity index (χ4v) is 2.67. The highest BCUT2D eigenvalue weighted by atomic mass is 16.2. The summed E-state index contributed by atoms with van der Waals surface area (Å²) >= 11 is 0. The Bertz CT molecular complexity index is 476. The number of unbranched alkanes of at least 4 members (excludes halogenated alkanes) is 1. The summed E-state index contributed by atoms with van der Waals surface area (Å²) in [6.07, 6.45) is 3.36. The van der Waals surface area contributed by atoms with Crippen molar-refractivity contribution in [2.75, 3.05) is 19.6 Å². The van der Waals surface area contributed by atoms with E-state index < -0.39 is 0 Å². The molecule has 116 valence electrons. The predicted octanol–water partition coefficient (Wildman–Crippen LogP) is 2.99. The highest BCUT2D eigenvalue weighted by molar-refractivity contribution is 5.81. The summed E-state index contributed by atoms with van der Waals surface area (Å²) in [5.41, 5.74) is 2.70. The number of rotatable bonds is 5. The Hall–Kier alpha value is -1.35. The molecule has 3 nitrogen and oxygen atoms in total. The molecule has 3 heteroatoms. The topological polar surface area (TPSA) is 32.3 Å². The molecule has 0 radical (unpaired) electrons. The summed E-state index contributed by atoms with van der Waals surface area (Å²) in [6, 6.07) is 8.75. The van der Waals surface area contributed by atoms with Gasteiger partial charge >= 0.3 is 0 Å². The molecule has 0 aliphatic carbocycles. The van der Waals surface area contributed by atoms with E-state index in [0.717, 1.165) is 45.4 Å². The van der Waals surface area contributed by atoms with Crippen LogP contribution in [0, 0.1) is 5.41 Å². The smallest absolute Gasteiger partial charge is 0.225 e. The van der Waals surface area contributed by atoms with Crippen LogP contribution in [0.2, 0.25) is 0 Å². The number of benzene rings is 1. The van der Waals surface area contributed by atoms with Crippen molar-refractivity contribution in [2.24, 2.45) is 5.41 Å². The lowest BCUT2D eigenvalue weighted by atomic mass is 9.96. The van der Waals surface area contributed by atoms with Gasteiger partial charge in [0.1, 0.15) is 0 Å². The van der Waals surface area contributed by atoms with Gasteiger partial charge in [0.25, 0.3) is 0 Å². The van der Waals surface area contributed by atoms with Crippen LogP contribution in [-0.2, 0) is 17.8 Å². The molecule has 0 bridgehead atoms. The molecular formula is C18H28N2O. The zero-order chi connectivity index (χ0) is 15.3. The van der Waals surface area contributed by atoms with Crippen molar-refractivity contribution in [1.29, 1.82) is 0 Å². The molecule has 0 saturated heterocycles. The van der Waals surface area contributed by atoms with Crippen molar-refractivity contribution in [1.82, 2.24) is 10.2 Å². The second-order valence-electron chi connectivity index (χ2n) is 7.01. The predicted molar refractivity (Wildman–Crippen MR) is 87.1 cm³/mol. The van der Waals surface area contributed by atoms with Crippen LogP contribution in [0.3, 0.4) is 0 Å². The summed E-state index contributed by atoms with van der Waals surface area (Å²) in [5, 5.41) is 3.02. The van der Waals surface area contributed by atoms with Crippen molar-refractivity contribution in [3.05, 3.63) is 35.4 Å². The van der Waals surface area contributed by atoms with Crippen LogP contribution in [0.1, 0.15) is 44.7 Å². The molecule has 0 aromatic heterocycles. The highest BCUT2D eigenvalue weighted by Gasteiger charge is 2.20. The summed E-state index contributed by atoms with van der Waals surface area (Å²) in [6.45, 7) is 10.0. The van der Waals surface area contributed by atoms with Crippen LogP contribution in [0.5, 0.6) is 0 Å². The maximum Gasteiger partial charge on any atom is 0.225 e. The SMILES string of the molecule is CC(C)(C)C(=O)NCCCCN1CCc2ccccc2C1. The lowest BCUT2D eigenvalue weighted by molar-refractivity contribution is -0.128. The van der Waals surface area contributed by atoms with Gasteiger partial charge in [-0.25, -0.2) is 0 Å². The van der Waals surface area contributed by atoms with E-state index in [0.29, 0.717) is 0 Å². The lowest BCUT2D eigenvalue weighted by Gasteiger charge is -2.28. The second-order valence-corrected chi connectivity index (χ2v) is 7.01. The van der Waals surface area contributed by atoms with Gasteiger partial charge in [-0.15, -0.1) is 0 Å². The summed E-state index contributed by atoms with van der Waals surface area (Å²) in [7, 11) is 0. The Balaban J connectivity index is 1.64. The van der Waals surface area contributed by atoms with Gasteiger partial charge in [0, 0.05) is 25.0 Å². The van der Waals surface area contributed by atoms with Crippen LogP contribution in [-0.4, -0.2) is 30.4 Å². The van der Waals surface area contributed by atoms with Crippen LogP contribution in [0.4, 0.5) is 0 Å². The largest absolute Gasteiger partial charge is 0.356 e. The minimum absolute atomic E-state index is 0.148. The molecule has 0 spiro atoms. The van der Waals surface area contributed by atoms with E-state index in [9.17, 15) is 4.79 Å². The number of fused-ring (bicyclic) bond motifs is 1. The number of hydrogen-bond acceptors (Lipinski definition) is 2. The van der Waals surface area contributed by atoms with Crippen molar-refractivity contribution >= 4 is 5.91 Å². The van der Waals surface area contributed by atoms with E-state index in [2.05, 4.69) is 34.5 Å². The molecular weight excluding hydrogens is 260 g/mol. The standard InChI is InChI=1S/C18H28N2O/c1-18(2,3)17(21)19-11-6-7-12-20-13-10-15-8-4-5-9-16(15)14-20/h4-5,8-9H,6-7,10-14H2,1-3H3,(H,19,21). The van der Waals surface area contributed by atoms with Crippen molar-refractivity contribution in [3.63, 3.8) is 0 Å². The monoisotopic (exact) mass is 288 g/mol. The number of amides is 1. The first-order valence-electron chi connectivity index (χ1n) is 8.04. The number of nitrogens with one attached hydrogen (secondary N) is 1. The third kappa shape index (κ3) is 4.85. The number of carbonyl (C=O) groups excluding carboxylic acids is 1. The fraction of sp³-hybridized carbons (Fsp3) is 0.611. The molecule has 1 aromatic rings. The third-order valence-electron chi connectivity index (χ3n) is 4.08. The molecule has 1 amide bonds. The van der Waals surface area contributed by atoms with Crippen molar-refractivity contribution < 1.29 is 4.79 Å². The van der Waals surface area contributed by atoms with Gasteiger partial charge in [0.05, 0.1) is 0 Å². The molecule has 1 heterocycles. The molecule has 0 fully saturated rings. The van der Waals surface area contributed by atoms with Crippen LogP contribution >= 0.6 is 0 Å². The maximum atomic E-state index is 11.7. The van der Waals surface area contributed by atoms with Gasteiger partial charge in [-0.05, 0) is 36.9 Å². The van der Waals surface area contributed by atoms with Gasteiger partial charge in [0.15, 0.2) is 0 Å². The minimum atomic E-state index is -0.281. The van der Waals surface area contributed by atoms with Crippen molar-refractivity contribution in [3.8, 4) is 0 Å². The zero-order valence-corrected chi connectivity index (χ0v) is 13.6. The molecule has 0 saturated carbocycles. The van der Waals surface area contributed by atoms with Gasteiger partial charge in [-0.2, -0.15) is 0 Å². The van der Waals surface area contributed by atoms with Crippen LogP contribution in [0.15, 0.2) is 24.3 Å². The Morgan fingerprint density at radius 2 is 1.90 bits per heavy atom. The minimum Gasteiger partial charge on any atom is -0.356 e. The average Bonchev–Trinajstić information content (AvgIpc) is 2.45. The van der Waals surface area contributed by atoms with Gasteiger partial charge < -0.3 is 5.32 Å². The first-order chi connectivity index (χ1) is 9.97. The van der Waals surface area contributed by atoms with E-state index in [1.165, 1.54) is 11.1 Å². The average molecular weight is 288 g/mol. The third-order valence-corrected chi connectivity index (χ3v) is 4.08. The van der Waals surface area contributed by atoms with Gasteiger partial charge in [-0.1, -0.05) is 45.0 Å². The van der Waals surface area contributed by atoms with Gasteiger partial charge in [-0.3, -0.25) is 9.69 Å². The van der Waals surface area contributed by atoms with Gasteiger partial charge in [0.2, 0.25) is 5.91 Å². The maximum absolute atomic E-state index is 11.7. The molecule has 1 aliphatic rings. The molecule has 1 aromatic carbocycles. The van der Waals surface area contributed by atoms with E-state index in [4.69, 9.17) is 0 Å². The highest BCUT2D eigenvalue weighted by Crippen LogP contribution is 2.18. The van der Waals surface area contributed by atoms with E-state index >= 15 is 0 Å². The second kappa shape index (κ2) is 7.08. The fourth-order valence-electron chi connectivity index (χ4n) is 2.67. The molecule has 2 rings (SSSR count). The molecule has 0 unspecified atom stereocenters. The molecule has 21 heavy (non-hydrogen) atoms. The summed E-state index contributed by atoms with van der Waals surface area (Å²) < 4.78 is 0. The van der Waals surface area contributed by atoms with E-state index in [1.807, 2.05) is 20.8 Å². The Morgan fingerprint density at radius 1 is 1.19 bits per heavy atom. The number of nitrogens with zero attached hydrogens (tertiary/aromatic N) is 1. The zero-order valence-electron chi connectivity index (χ0n) is 13.6. The molecule has 0 atom stereocenters. The van der Waals surface area contributed by atoms with Crippen LogP contribution < -0.4 is 5.32 Å². The first-order valence-corrected chi connectivity index (χ1v) is 8.04. The summed E-state index contributed by atoms with van der Waals surface area (Å²) in [4.78, 5) is 14.3. The number of carbonyl (C=O) groups is 1. The first kappa shape index (κ1) is 16.0. The quantitative estimate of drug-likeness (QED) is 0.845. The normalized spacial score (nSPS) is 15.6. The van der Waals surface area contributed by atoms with E-state index in [1.54, 1.807) is 0 Å². The Morgan fingerprint density at radius 3 is 2.62 bits per heavy atom. The molecule has 1 aliphatic heterocycles. The Kier molecular flexibility index (Phi) is 5.40. The Labute approximate surface area is 128 Å². The van der Waals surface area contributed by atoms with Crippen LogP contribution in [0.25, 0.3) is 0 Å². The van der Waals surface area contributed by atoms with E-state index in [-0.39, 0.29) is 11.3 Å². The lowest BCUT2D eigenvalue weighted by Crippen LogP contribution is -2.36. The number of hydrogen-bond donors (Lipinski definition) is 1. The molecule has 1 N–H and O–H groups in total.